The molecule has 8 heteroatoms. The Kier molecular flexibility index (Phi) is 8.20. The van der Waals surface area contributed by atoms with Gasteiger partial charge >= 0.3 is 0 Å². The van der Waals surface area contributed by atoms with Crippen LogP contribution in [-0.2, 0) is 24.4 Å². The Balaban J connectivity index is 1.05. The number of fused-ring (bicyclic) bond motifs is 1. The number of hydroxylamine groups is 1. The van der Waals surface area contributed by atoms with E-state index in [0.29, 0.717) is 18.0 Å². The molecule has 2 N–H and O–H groups in total. The van der Waals surface area contributed by atoms with Crippen LogP contribution in [0.25, 0.3) is 11.0 Å². The van der Waals surface area contributed by atoms with Crippen molar-refractivity contribution in [2.75, 3.05) is 39.4 Å². The summed E-state index contributed by atoms with van der Waals surface area (Å²) in [7, 11) is 0. The van der Waals surface area contributed by atoms with Gasteiger partial charge in [-0.25, -0.2) is 10.5 Å². The van der Waals surface area contributed by atoms with E-state index in [4.69, 9.17) is 14.9 Å². The number of amides is 1. The Bertz CT molecular complexity index is 1420. The normalized spacial score (nSPS) is 17.3. The molecule has 0 atom stereocenters. The van der Waals surface area contributed by atoms with E-state index in [1.54, 1.807) is 17.6 Å². The molecular weight excluding hydrogens is 502 g/mol. The summed E-state index contributed by atoms with van der Waals surface area (Å²) in [5.41, 5.74) is 8.33. The molecule has 0 bridgehead atoms. The zero-order valence-corrected chi connectivity index (χ0v) is 22.8. The van der Waals surface area contributed by atoms with Gasteiger partial charge < -0.3 is 9.30 Å². The van der Waals surface area contributed by atoms with Gasteiger partial charge in [0.2, 0.25) is 0 Å². The highest BCUT2D eigenvalue weighted by molar-refractivity contribution is 5.93. The summed E-state index contributed by atoms with van der Waals surface area (Å²) in [6.45, 7) is 8.60. The van der Waals surface area contributed by atoms with Crippen LogP contribution in [0.1, 0.15) is 51.4 Å². The Morgan fingerprint density at radius 2 is 1.43 bits per heavy atom. The molecule has 4 aromatic rings. The maximum absolute atomic E-state index is 11.6. The second-order valence-electron chi connectivity index (χ2n) is 11.0. The Morgan fingerprint density at radius 3 is 2.08 bits per heavy atom. The molecule has 6 rings (SSSR count). The van der Waals surface area contributed by atoms with Gasteiger partial charge in [-0.15, -0.1) is 0 Å². The molecule has 0 aliphatic carbocycles. The first kappa shape index (κ1) is 26.7. The van der Waals surface area contributed by atoms with E-state index in [1.807, 2.05) is 18.3 Å². The number of pyridine rings is 1. The molecule has 208 valence electrons. The molecule has 0 spiro atoms. The van der Waals surface area contributed by atoms with Gasteiger partial charge in [-0.1, -0.05) is 36.4 Å². The number of morpholine rings is 1. The smallest absolute Gasteiger partial charge is 0.274 e. The number of hydrogen-bond donors (Lipinski definition) is 2. The maximum Gasteiger partial charge on any atom is 0.274 e. The summed E-state index contributed by atoms with van der Waals surface area (Å²) in [5, 5.41) is 10.1. The van der Waals surface area contributed by atoms with E-state index in [-0.39, 0.29) is 0 Å². The lowest BCUT2D eigenvalue weighted by atomic mass is 9.88. The van der Waals surface area contributed by atoms with E-state index < -0.39 is 5.91 Å². The molecule has 2 aromatic heterocycles. The predicted octanol–water partition coefficient (Wildman–Crippen LogP) is 4.42. The van der Waals surface area contributed by atoms with Gasteiger partial charge in [-0.05, 0) is 78.4 Å². The van der Waals surface area contributed by atoms with Crippen molar-refractivity contribution in [1.29, 1.82) is 0 Å². The molecule has 4 heterocycles. The summed E-state index contributed by atoms with van der Waals surface area (Å²) in [5.74, 6) is 0.0254. The number of aromatic nitrogens is 2. The molecule has 2 aromatic carbocycles. The molecule has 2 aliphatic heterocycles. The van der Waals surface area contributed by atoms with Gasteiger partial charge in [0.15, 0.2) is 0 Å². The monoisotopic (exact) mass is 539 g/mol. The van der Waals surface area contributed by atoms with Crippen LogP contribution in [0.5, 0.6) is 0 Å². The van der Waals surface area contributed by atoms with Gasteiger partial charge in [0, 0.05) is 56.1 Å². The number of ether oxygens (including phenoxy) is 1. The summed E-state index contributed by atoms with van der Waals surface area (Å²) < 4.78 is 7.63. The predicted molar refractivity (Wildman–Crippen MR) is 154 cm³/mol. The molecule has 2 saturated heterocycles. The zero-order chi connectivity index (χ0) is 27.3. The molecule has 0 unspecified atom stereocenters. The van der Waals surface area contributed by atoms with Crippen molar-refractivity contribution in [2.24, 2.45) is 0 Å². The first-order valence-electron chi connectivity index (χ1n) is 14.2. The fraction of sp³-hybridized carbons (Fsp3) is 0.375. The minimum absolute atomic E-state index is 0.427. The van der Waals surface area contributed by atoms with E-state index in [0.717, 1.165) is 76.5 Å². The van der Waals surface area contributed by atoms with Crippen molar-refractivity contribution >= 4 is 16.9 Å². The number of nitrogens with one attached hydrogen (secondary N) is 1. The van der Waals surface area contributed by atoms with Crippen LogP contribution in [0.3, 0.4) is 0 Å². The van der Waals surface area contributed by atoms with Crippen molar-refractivity contribution < 1.29 is 14.7 Å². The van der Waals surface area contributed by atoms with Crippen molar-refractivity contribution in [3.63, 3.8) is 0 Å². The molecule has 1 amide bonds. The van der Waals surface area contributed by atoms with Crippen molar-refractivity contribution in [1.82, 2.24) is 24.8 Å². The number of likely N-dealkylation sites (tertiary alicyclic amines) is 1. The lowest BCUT2D eigenvalue weighted by Gasteiger charge is -2.32. The van der Waals surface area contributed by atoms with Crippen LogP contribution in [-0.4, -0.2) is 69.9 Å². The van der Waals surface area contributed by atoms with Crippen LogP contribution in [0.2, 0.25) is 0 Å². The average Bonchev–Trinajstić information content (AvgIpc) is 3.42. The van der Waals surface area contributed by atoms with Crippen molar-refractivity contribution in [2.45, 2.75) is 38.4 Å². The number of hydrogen-bond acceptors (Lipinski definition) is 6. The standard InChI is InChI=1S/C32H37N5O3/c38-32(34-39)28-7-5-26(6-8-28)23-37-16-12-30-29(9-13-33-31(30)37)27-10-14-35(15-11-27)21-24-1-3-25(4-2-24)22-36-17-19-40-20-18-36/h1-9,12-13,16,27,39H,10-11,14-15,17-23H2,(H,34,38). The molecule has 0 radical (unpaired) electrons. The first-order chi connectivity index (χ1) is 19.7. The van der Waals surface area contributed by atoms with Gasteiger partial charge in [0.25, 0.3) is 5.91 Å². The minimum Gasteiger partial charge on any atom is -0.379 e. The zero-order valence-electron chi connectivity index (χ0n) is 22.8. The lowest BCUT2D eigenvalue weighted by Crippen LogP contribution is -2.35. The highest BCUT2D eigenvalue weighted by atomic mass is 16.5. The van der Waals surface area contributed by atoms with Crippen molar-refractivity contribution in [3.05, 3.63) is 101 Å². The number of carbonyl (C=O) groups excluding carboxylic acids is 1. The summed E-state index contributed by atoms with van der Waals surface area (Å²) in [4.78, 5) is 21.4. The first-order valence-corrected chi connectivity index (χ1v) is 14.2. The van der Waals surface area contributed by atoms with Crippen LogP contribution >= 0.6 is 0 Å². The quantitative estimate of drug-likeness (QED) is 0.255. The van der Waals surface area contributed by atoms with E-state index in [9.17, 15) is 4.79 Å². The van der Waals surface area contributed by atoms with Gasteiger partial charge in [-0.2, -0.15) is 0 Å². The Morgan fingerprint density at radius 1 is 0.825 bits per heavy atom. The molecule has 2 aliphatic rings. The largest absolute Gasteiger partial charge is 0.379 e. The van der Waals surface area contributed by atoms with Crippen LogP contribution in [0.4, 0.5) is 0 Å². The summed E-state index contributed by atoms with van der Waals surface area (Å²) >= 11 is 0. The van der Waals surface area contributed by atoms with Gasteiger partial charge in [0.05, 0.1) is 13.2 Å². The topological polar surface area (TPSA) is 82.9 Å². The fourth-order valence-corrected chi connectivity index (χ4v) is 6.05. The molecule has 2 fully saturated rings. The van der Waals surface area contributed by atoms with E-state index in [2.05, 4.69) is 57.0 Å². The molecular formula is C32H37N5O3. The number of piperidine rings is 1. The highest BCUT2D eigenvalue weighted by Gasteiger charge is 2.23. The second-order valence-corrected chi connectivity index (χ2v) is 11.0. The van der Waals surface area contributed by atoms with Gasteiger partial charge in [-0.3, -0.25) is 19.8 Å². The number of carbonyl (C=O) groups is 1. The average molecular weight is 540 g/mol. The maximum atomic E-state index is 11.6. The number of benzene rings is 2. The third kappa shape index (κ3) is 6.10. The second kappa shape index (κ2) is 12.3. The molecule has 0 saturated carbocycles. The summed E-state index contributed by atoms with van der Waals surface area (Å²) in [6.07, 6.45) is 6.34. The SMILES string of the molecule is O=C(NO)c1ccc(Cn2ccc3c(C4CCN(Cc5ccc(CN6CCOCC6)cc5)CC4)ccnc32)cc1. The minimum atomic E-state index is -0.507. The number of nitrogens with zero attached hydrogens (tertiary/aromatic N) is 4. The Labute approximate surface area is 235 Å². The third-order valence-corrected chi connectivity index (χ3v) is 8.33. The summed E-state index contributed by atoms with van der Waals surface area (Å²) in [6, 6.07) is 20.8. The number of rotatable bonds is 8. The van der Waals surface area contributed by atoms with Gasteiger partial charge in [0.1, 0.15) is 5.65 Å². The lowest BCUT2D eigenvalue weighted by molar-refractivity contribution is 0.0342. The third-order valence-electron chi connectivity index (χ3n) is 8.33. The molecule has 8 nitrogen and oxygen atoms in total. The molecule has 40 heavy (non-hydrogen) atoms. The Hall–Kier alpha value is -3.56. The van der Waals surface area contributed by atoms with Crippen LogP contribution < -0.4 is 5.48 Å². The fourth-order valence-electron chi connectivity index (χ4n) is 6.05. The van der Waals surface area contributed by atoms with E-state index in [1.165, 1.54) is 22.1 Å². The van der Waals surface area contributed by atoms with Crippen molar-refractivity contribution in [3.8, 4) is 0 Å². The van der Waals surface area contributed by atoms with E-state index >= 15 is 0 Å². The van der Waals surface area contributed by atoms with Crippen LogP contribution in [0.15, 0.2) is 73.1 Å². The highest BCUT2D eigenvalue weighted by Crippen LogP contribution is 2.33. The van der Waals surface area contributed by atoms with Crippen LogP contribution in [0, 0.1) is 0 Å².